The van der Waals surface area contributed by atoms with Gasteiger partial charge in [0.05, 0.1) is 18.2 Å². The average molecular weight is 274 g/mol. The first kappa shape index (κ1) is 16.0. The standard InChI is InChI=1S/C16H22N2O2/c1-12-8-6-9-14(13(12)2)18(11-7-10-17)15(19)20-16(3,4)5/h6,8-9H,7,11H2,1-5H3. The van der Waals surface area contributed by atoms with Crippen molar-refractivity contribution in [1.82, 2.24) is 0 Å². The number of anilines is 1. The van der Waals surface area contributed by atoms with E-state index in [0.29, 0.717) is 6.54 Å². The lowest BCUT2D eigenvalue weighted by Crippen LogP contribution is -2.37. The average Bonchev–Trinajstić information content (AvgIpc) is 2.32. The summed E-state index contributed by atoms with van der Waals surface area (Å²) >= 11 is 0. The lowest BCUT2D eigenvalue weighted by molar-refractivity contribution is 0.0581. The van der Waals surface area contributed by atoms with E-state index >= 15 is 0 Å². The van der Waals surface area contributed by atoms with Crippen LogP contribution in [-0.4, -0.2) is 18.2 Å². The van der Waals surface area contributed by atoms with Crippen LogP contribution in [0.15, 0.2) is 18.2 Å². The van der Waals surface area contributed by atoms with E-state index in [9.17, 15) is 4.79 Å². The van der Waals surface area contributed by atoms with Crippen LogP contribution in [0.2, 0.25) is 0 Å². The Kier molecular flexibility index (Phi) is 5.15. The van der Waals surface area contributed by atoms with Gasteiger partial charge in [-0.15, -0.1) is 0 Å². The van der Waals surface area contributed by atoms with Gasteiger partial charge in [0, 0.05) is 6.54 Å². The quantitative estimate of drug-likeness (QED) is 0.838. The molecular weight excluding hydrogens is 252 g/mol. The summed E-state index contributed by atoms with van der Waals surface area (Å²) in [6.07, 6.45) is -0.145. The Balaban J connectivity index is 3.09. The second kappa shape index (κ2) is 6.42. The molecule has 0 saturated carbocycles. The van der Waals surface area contributed by atoms with Crippen LogP contribution in [0.4, 0.5) is 10.5 Å². The molecule has 0 saturated heterocycles. The monoisotopic (exact) mass is 274 g/mol. The van der Waals surface area contributed by atoms with Crippen LogP contribution in [0, 0.1) is 25.2 Å². The molecule has 0 spiro atoms. The fourth-order valence-corrected chi connectivity index (χ4v) is 1.82. The number of hydrogen-bond donors (Lipinski definition) is 0. The van der Waals surface area contributed by atoms with E-state index in [0.717, 1.165) is 16.8 Å². The van der Waals surface area contributed by atoms with Crippen molar-refractivity contribution >= 4 is 11.8 Å². The second-order valence-electron chi connectivity index (χ2n) is 5.76. The molecule has 0 aromatic heterocycles. The zero-order chi connectivity index (χ0) is 15.3. The van der Waals surface area contributed by atoms with Crippen molar-refractivity contribution in [3.8, 4) is 6.07 Å². The van der Waals surface area contributed by atoms with Crippen molar-refractivity contribution in [2.45, 2.75) is 46.6 Å². The van der Waals surface area contributed by atoms with E-state index in [2.05, 4.69) is 6.07 Å². The van der Waals surface area contributed by atoms with Gasteiger partial charge in [0.1, 0.15) is 5.60 Å². The van der Waals surface area contributed by atoms with Crippen LogP contribution >= 0.6 is 0 Å². The van der Waals surface area contributed by atoms with Crippen molar-refractivity contribution < 1.29 is 9.53 Å². The van der Waals surface area contributed by atoms with Crippen LogP contribution in [0.1, 0.15) is 38.3 Å². The number of ether oxygens (including phenoxy) is 1. The number of aryl methyl sites for hydroxylation is 1. The van der Waals surface area contributed by atoms with Gasteiger partial charge in [0.15, 0.2) is 0 Å². The summed E-state index contributed by atoms with van der Waals surface area (Å²) in [5.74, 6) is 0. The summed E-state index contributed by atoms with van der Waals surface area (Å²) in [6.45, 7) is 9.78. The molecule has 1 amide bonds. The lowest BCUT2D eigenvalue weighted by Gasteiger charge is -2.28. The summed E-state index contributed by atoms with van der Waals surface area (Å²) in [4.78, 5) is 13.9. The highest BCUT2D eigenvalue weighted by molar-refractivity contribution is 5.89. The SMILES string of the molecule is Cc1cccc(N(CCC#N)C(=O)OC(C)(C)C)c1C. The van der Waals surface area contributed by atoms with E-state index in [1.54, 1.807) is 0 Å². The summed E-state index contributed by atoms with van der Waals surface area (Å²) in [5, 5.41) is 8.77. The molecule has 0 unspecified atom stereocenters. The number of rotatable bonds is 3. The molecule has 4 heteroatoms. The van der Waals surface area contributed by atoms with Gasteiger partial charge >= 0.3 is 6.09 Å². The fourth-order valence-electron chi connectivity index (χ4n) is 1.82. The van der Waals surface area contributed by atoms with Gasteiger partial charge in [0.25, 0.3) is 0 Å². The Morgan fingerprint density at radius 3 is 2.55 bits per heavy atom. The number of nitriles is 1. The maximum Gasteiger partial charge on any atom is 0.414 e. The third-order valence-electron chi connectivity index (χ3n) is 2.93. The molecule has 0 aliphatic carbocycles. The van der Waals surface area contributed by atoms with E-state index in [1.807, 2.05) is 52.8 Å². The molecule has 1 aromatic rings. The second-order valence-corrected chi connectivity index (χ2v) is 5.76. The molecule has 4 nitrogen and oxygen atoms in total. The Morgan fingerprint density at radius 2 is 2.00 bits per heavy atom. The molecule has 0 aliphatic heterocycles. The first-order chi connectivity index (χ1) is 9.26. The van der Waals surface area contributed by atoms with Gasteiger partial charge in [-0.1, -0.05) is 12.1 Å². The zero-order valence-electron chi connectivity index (χ0n) is 12.9. The highest BCUT2D eigenvalue weighted by atomic mass is 16.6. The summed E-state index contributed by atoms with van der Waals surface area (Å²) in [5.41, 5.74) is 2.37. The van der Waals surface area contributed by atoms with Crippen LogP contribution in [0.25, 0.3) is 0 Å². The van der Waals surface area contributed by atoms with Crippen molar-refractivity contribution in [2.75, 3.05) is 11.4 Å². The Morgan fingerprint density at radius 1 is 1.35 bits per heavy atom. The number of carbonyl (C=O) groups excluding carboxylic acids is 1. The van der Waals surface area contributed by atoms with Gasteiger partial charge in [-0.2, -0.15) is 5.26 Å². The molecule has 0 N–H and O–H groups in total. The molecular formula is C16H22N2O2. The maximum atomic E-state index is 12.3. The van der Waals surface area contributed by atoms with Crippen molar-refractivity contribution in [2.24, 2.45) is 0 Å². The summed E-state index contributed by atoms with van der Waals surface area (Å²) in [7, 11) is 0. The van der Waals surface area contributed by atoms with Gasteiger partial charge in [0.2, 0.25) is 0 Å². The first-order valence-corrected chi connectivity index (χ1v) is 6.70. The molecule has 108 valence electrons. The number of amides is 1. The molecule has 1 aromatic carbocycles. The number of hydrogen-bond acceptors (Lipinski definition) is 3. The normalized spacial score (nSPS) is 10.8. The minimum absolute atomic E-state index is 0.270. The highest BCUT2D eigenvalue weighted by Gasteiger charge is 2.24. The van der Waals surface area contributed by atoms with Gasteiger partial charge in [-0.3, -0.25) is 4.90 Å². The predicted octanol–water partition coefficient (Wildman–Crippen LogP) is 3.96. The van der Waals surface area contributed by atoms with E-state index < -0.39 is 11.7 Å². The number of benzene rings is 1. The Hall–Kier alpha value is -2.02. The molecule has 0 fully saturated rings. The van der Waals surface area contributed by atoms with Crippen molar-refractivity contribution in [1.29, 1.82) is 5.26 Å². The molecule has 20 heavy (non-hydrogen) atoms. The zero-order valence-corrected chi connectivity index (χ0v) is 12.9. The lowest BCUT2D eigenvalue weighted by atomic mass is 10.1. The van der Waals surface area contributed by atoms with Gasteiger partial charge in [-0.05, 0) is 51.8 Å². The third kappa shape index (κ3) is 4.27. The molecule has 0 aliphatic rings. The third-order valence-corrected chi connectivity index (χ3v) is 2.93. The number of nitrogens with zero attached hydrogens (tertiary/aromatic N) is 2. The predicted molar refractivity (Wildman–Crippen MR) is 79.7 cm³/mol. The van der Waals surface area contributed by atoms with Crippen LogP contribution in [0.5, 0.6) is 0 Å². The summed E-state index contributed by atoms with van der Waals surface area (Å²) < 4.78 is 5.42. The molecule has 0 atom stereocenters. The molecule has 0 heterocycles. The first-order valence-electron chi connectivity index (χ1n) is 6.70. The minimum Gasteiger partial charge on any atom is -0.443 e. The van der Waals surface area contributed by atoms with E-state index in [-0.39, 0.29) is 6.42 Å². The van der Waals surface area contributed by atoms with Crippen LogP contribution < -0.4 is 4.90 Å². The highest BCUT2D eigenvalue weighted by Crippen LogP contribution is 2.24. The van der Waals surface area contributed by atoms with E-state index in [4.69, 9.17) is 10.00 Å². The van der Waals surface area contributed by atoms with Crippen molar-refractivity contribution in [3.05, 3.63) is 29.3 Å². The Bertz CT molecular complexity index is 524. The largest absolute Gasteiger partial charge is 0.443 e. The van der Waals surface area contributed by atoms with Crippen molar-refractivity contribution in [3.63, 3.8) is 0 Å². The number of carbonyl (C=O) groups is 1. The molecule has 1 rings (SSSR count). The maximum absolute atomic E-state index is 12.3. The molecule has 0 radical (unpaired) electrons. The van der Waals surface area contributed by atoms with Crippen LogP contribution in [0.3, 0.4) is 0 Å². The summed E-state index contributed by atoms with van der Waals surface area (Å²) in [6, 6.07) is 7.85. The topological polar surface area (TPSA) is 53.3 Å². The van der Waals surface area contributed by atoms with E-state index in [1.165, 1.54) is 4.90 Å². The van der Waals surface area contributed by atoms with Gasteiger partial charge in [-0.25, -0.2) is 4.79 Å². The van der Waals surface area contributed by atoms with Gasteiger partial charge < -0.3 is 4.74 Å². The van der Waals surface area contributed by atoms with Crippen LogP contribution in [-0.2, 0) is 4.74 Å². The Labute approximate surface area is 121 Å². The smallest absolute Gasteiger partial charge is 0.414 e. The minimum atomic E-state index is -0.556. The molecule has 0 bridgehead atoms. The fraction of sp³-hybridized carbons (Fsp3) is 0.500.